The molecule has 0 radical (unpaired) electrons. The minimum atomic E-state index is 0.511. The highest BCUT2D eigenvalue weighted by atomic mass is 15.1. The van der Waals surface area contributed by atoms with Crippen molar-refractivity contribution in [1.82, 2.24) is 14.5 Å². The molecule has 0 saturated heterocycles. The molecule has 4 heteroatoms. The molecule has 0 fully saturated rings. The fourth-order valence-corrected chi connectivity index (χ4v) is 2.11. The molecule has 0 unspecified atom stereocenters. The van der Waals surface area contributed by atoms with Crippen molar-refractivity contribution in [2.75, 3.05) is 5.73 Å². The van der Waals surface area contributed by atoms with Crippen molar-refractivity contribution in [2.45, 2.75) is 6.92 Å². The topological polar surface area (TPSA) is 56.7 Å². The van der Waals surface area contributed by atoms with Crippen LogP contribution < -0.4 is 5.73 Å². The summed E-state index contributed by atoms with van der Waals surface area (Å²) in [6, 6.07) is 12.1. The molecule has 2 aromatic heterocycles. The third-order valence-electron chi connectivity index (χ3n) is 3.03. The van der Waals surface area contributed by atoms with Gasteiger partial charge in [0.15, 0.2) is 0 Å². The maximum Gasteiger partial charge on any atom is 0.132 e. The second-order valence-electron chi connectivity index (χ2n) is 4.42. The predicted octanol–water partition coefficient (Wildman–Crippen LogP) is 2.82. The molecule has 0 amide bonds. The van der Waals surface area contributed by atoms with Crippen molar-refractivity contribution in [3.05, 3.63) is 60.7 Å². The van der Waals surface area contributed by atoms with Crippen LogP contribution in [0.25, 0.3) is 16.9 Å². The van der Waals surface area contributed by atoms with Crippen LogP contribution in [0.5, 0.6) is 0 Å². The predicted molar refractivity (Wildman–Crippen MR) is 75.9 cm³/mol. The van der Waals surface area contributed by atoms with Crippen molar-refractivity contribution in [1.29, 1.82) is 0 Å². The van der Waals surface area contributed by atoms with Gasteiger partial charge < -0.3 is 5.73 Å². The maximum atomic E-state index is 5.94. The van der Waals surface area contributed by atoms with E-state index >= 15 is 0 Å². The monoisotopic (exact) mass is 250 g/mol. The first-order valence-corrected chi connectivity index (χ1v) is 6.06. The molecule has 94 valence electrons. The zero-order valence-corrected chi connectivity index (χ0v) is 10.6. The summed E-state index contributed by atoms with van der Waals surface area (Å²) in [6.45, 7) is 2.07. The van der Waals surface area contributed by atoms with Gasteiger partial charge in [0, 0.05) is 17.4 Å². The summed E-state index contributed by atoms with van der Waals surface area (Å²) in [5.74, 6) is 0.511. The highest BCUT2D eigenvalue weighted by Gasteiger charge is 2.10. The lowest BCUT2D eigenvalue weighted by Gasteiger charge is -2.10. The summed E-state index contributed by atoms with van der Waals surface area (Å²) in [7, 11) is 0. The molecule has 1 aromatic carbocycles. The van der Waals surface area contributed by atoms with Crippen LogP contribution >= 0.6 is 0 Å². The minimum absolute atomic E-state index is 0.511. The Morgan fingerprint density at radius 1 is 1.16 bits per heavy atom. The molecule has 0 bridgehead atoms. The molecular formula is C15H14N4. The first-order chi connectivity index (χ1) is 9.25. The van der Waals surface area contributed by atoms with Crippen molar-refractivity contribution in [3.63, 3.8) is 0 Å². The van der Waals surface area contributed by atoms with E-state index in [2.05, 4.69) is 29.0 Å². The van der Waals surface area contributed by atoms with Crippen LogP contribution in [0.2, 0.25) is 0 Å². The number of hydrogen-bond acceptors (Lipinski definition) is 3. The van der Waals surface area contributed by atoms with Gasteiger partial charge in [-0.3, -0.25) is 4.57 Å². The van der Waals surface area contributed by atoms with Gasteiger partial charge in [-0.2, -0.15) is 0 Å². The van der Waals surface area contributed by atoms with E-state index in [1.807, 2.05) is 28.8 Å². The fourth-order valence-electron chi connectivity index (χ4n) is 2.11. The van der Waals surface area contributed by atoms with Gasteiger partial charge in [-0.25, -0.2) is 9.97 Å². The van der Waals surface area contributed by atoms with Gasteiger partial charge in [0.25, 0.3) is 0 Å². The number of nitrogens with two attached hydrogens (primary N) is 1. The zero-order chi connectivity index (χ0) is 13.2. The second kappa shape index (κ2) is 4.57. The molecular weight excluding hydrogens is 236 g/mol. The summed E-state index contributed by atoms with van der Waals surface area (Å²) in [4.78, 5) is 8.35. The summed E-state index contributed by atoms with van der Waals surface area (Å²) < 4.78 is 2.01. The number of pyridine rings is 1. The molecule has 0 aliphatic rings. The van der Waals surface area contributed by atoms with E-state index in [4.69, 9.17) is 5.73 Å². The molecule has 0 aliphatic carbocycles. The van der Waals surface area contributed by atoms with Crippen LogP contribution in [0.3, 0.4) is 0 Å². The summed E-state index contributed by atoms with van der Waals surface area (Å²) in [6.07, 6.45) is 5.28. The number of imidazole rings is 1. The highest BCUT2D eigenvalue weighted by molar-refractivity contribution is 5.72. The van der Waals surface area contributed by atoms with Crippen LogP contribution in [0.1, 0.15) is 5.56 Å². The SMILES string of the molecule is Cc1cccc(-n2cncc2-c2cccnc2N)c1. The second-order valence-corrected chi connectivity index (χ2v) is 4.42. The molecule has 4 nitrogen and oxygen atoms in total. The average molecular weight is 250 g/mol. The lowest BCUT2D eigenvalue weighted by Crippen LogP contribution is -1.99. The molecule has 3 aromatic rings. The van der Waals surface area contributed by atoms with Crippen molar-refractivity contribution >= 4 is 5.82 Å². The largest absolute Gasteiger partial charge is 0.383 e. The van der Waals surface area contributed by atoms with Gasteiger partial charge in [0.1, 0.15) is 5.82 Å². The Morgan fingerprint density at radius 3 is 2.84 bits per heavy atom. The number of aryl methyl sites for hydroxylation is 1. The molecule has 2 N–H and O–H groups in total. The molecule has 0 aliphatic heterocycles. The standard InChI is InChI=1S/C15H14N4/c1-11-4-2-5-12(8-11)19-10-17-9-14(19)13-6-3-7-18-15(13)16/h2-10H,1H3,(H2,16,18). The number of hydrogen-bond donors (Lipinski definition) is 1. The van der Waals surface area contributed by atoms with Gasteiger partial charge in [-0.1, -0.05) is 12.1 Å². The van der Waals surface area contributed by atoms with E-state index in [-0.39, 0.29) is 0 Å². The van der Waals surface area contributed by atoms with Gasteiger partial charge in [0.05, 0.1) is 18.2 Å². The molecule has 0 saturated carbocycles. The third-order valence-corrected chi connectivity index (χ3v) is 3.03. The van der Waals surface area contributed by atoms with Gasteiger partial charge in [-0.05, 0) is 36.8 Å². The van der Waals surface area contributed by atoms with E-state index in [9.17, 15) is 0 Å². The number of rotatable bonds is 2. The third kappa shape index (κ3) is 2.08. The quantitative estimate of drug-likeness (QED) is 0.760. The fraction of sp³-hybridized carbons (Fsp3) is 0.0667. The zero-order valence-electron chi connectivity index (χ0n) is 10.6. The lowest BCUT2D eigenvalue weighted by molar-refractivity contribution is 1.06. The number of nitrogens with zero attached hydrogens (tertiary/aromatic N) is 3. The number of nitrogen functional groups attached to an aromatic ring is 1. The van der Waals surface area contributed by atoms with Crippen molar-refractivity contribution in [2.24, 2.45) is 0 Å². The van der Waals surface area contributed by atoms with E-state index in [1.54, 1.807) is 18.7 Å². The lowest BCUT2D eigenvalue weighted by atomic mass is 10.1. The van der Waals surface area contributed by atoms with E-state index in [1.165, 1.54) is 5.56 Å². The first kappa shape index (κ1) is 11.5. The number of anilines is 1. The number of benzene rings is 1. The maximum absolute atomic E-state index is 5.94. The van der Waals surface area contributed by atoms with Crippen molar-refractivity contribution < 1.29 is 0 Å². The average Bonchev–Trinajstić information content (AvgIpc) is 2.88. The Bertz CT molecular complexity index is 715. The van der Waals surface area contributed by atoms with Gasteiger partial charge in [0.2, 0.25) is 0 Å². The summed E-state index contributed by atoms with van der Waals surface area (Å²) >= 11 is 0. The van der Waals surface area contributed by atoms with Crippen LogP contribution in [0, 0.1) is 6.92 Å². The van der Waals surface area contributed by atoms with Crippen LogP contribution in [-0.2, 0) is 0 Å². The summed E-state index contributed by atoms with van der Waals surface area (Å²) in [5.41, 5.74) is 10.0. The van der Waals surface area contributed by atoms with Crippen molar-refractivity contribution in [3.8, 4) is 16.9 Å². The van der Waals surface area contributed by atoms with Crippen LogP contribution in [-0.4, -0.2) is 14.5 Å². The Morgan fingerprint density at radius 2 is 2.05 bits per heavy atom. The molecule has 3 rings (SSSR count). The Labute approximate surface area is 111 Å². The van der Waals surface area contributed by atoms with Crippen LogP contribution in [0.15, 0.2) is 55.1 Å². The van der Waals surface area contributed by atoms with Crippen LogP contribution in [0.4, 0.5) is 5.82 Å². The Kier molecular flexibility index (Phi) is 2.76. The van der Waals surface area contributed by atoms with Gasteiger partial charge in [-0.15, -0.1) is 0 Å². The minimum Gasteiger partial charge on any atom is -0.383 e. The van der Waals surface area contributed by atoms with E-state index < -0.39 is 0 Å². The first-order valence-electron chi connectivity index (χ1n) is 6.06. The smallest absolute Gasteiger partial charge is 0.132 e. The molecule has 19 heavy (non-hydrogen) atoms. The molecule has 2 heterocycles. The Balaban J connectivity index is 2.16. The van der Waals surface area contributed by atoms with Gasteiger partial charge >= 0.3 is 0 Å². The normalized spacial score (nSPS) is 10.6. The molecule has 0 spiro atoms. The Hall–Kier alpha value is -2.62. The summed E-state index contributed by atoms with van der Waals surface area (Å²) in [5, 5.41) is 0. The highest BCUT2D eigenvalue weighted by Crippen LogP contribution is 2.26. The van der Waals surface area contributed by atoms with E-state index in [0.29, 0.717) is 5.82 Å². The number of aromatic nitrogens is 3. The molecule has 0 atom stereocenters. The van der Waals surface area contributed by atoms with E-state index in [0.717, 1.165) is 16.9 Å².